The maximum absolute atomic E-state index is 9.05. The summed E-state index contributed by atoms with van der Waals surface area (Å²) >= 11 is 0. The zero-order valence-electron chi connectivity index (χ0n) is 10.6. The number of aliphatic hydroxyl groups is 1. The minimum Gasteiger partial charge on any atom is -0.496 e. The predicted molar refractivity (Wildman–Crippen MR) is 66.8 cm³/mol. The Morgan fingerprint density at radius 3 is 2.00 bits per heavy atom. The Balaban J connectivity index is 3.34. The molecule has 0 unspecified atom stereocenters. The number of ether oxygens (including phenoxy) is 3. The van der Waals surface area contributed by atoms with Crippen LogP contribution in [-0.2, 0) is 0 Å². The lowest BCUT2D eigenvalue weighted by atomic mass is 10.1. The van der Waals surface area contributed by atoms with Gasteiger partial charge in [-0.2, -0.15) is 0 Å². The van der Waals surface area contributed by atoms with Crippen LogP contribution in [0.15, 0.2) is 17.7 Å². The van der Waals surface area contributed by atoms with E-state index >= 15 is 0 Å². The highest BCUT2D eigenvalue weighted by molar-refractivity contribution is 5.68. The molecule has 0 aromatic heterocycles. The lowest BCUT2D eigenvalue weighted by Gasteiger charge is -2.13. The number of rotatable bonds is 5. The Hall–Kier alpha value is -1.68. The van der Waals surface area contributed by atoms with Crippen molar-refractivity contribution < 1.29 is 19.3 Å². The van der Waals surface area contributed by atoms with Crippen molar-refractivity contribution in [2.45, 2.75) is 6.92 Å². The largest absolute Gasteiger partial charge is 0.496 e. The SMILES string of the molecule is COc1cc(OC)c(C=C(C)CO)c(OC)c1. The van der Waals surface area contributed by atoms with Crippen LogP contribution in [0.3, 0.4) is 0 Å². The van der Waals surface area contributed by atoms with Gasteiger partial charge in [0.15, 0.2) is 0 Å². The summed E-state index contributed by atoms with van der Waals surface area (Å²) in [5.74, 6) is 1.96. The number of aliphatic hydroxyl groups excluding tert-OH is 1. The first-order chi connectivity index (χ1) is 8.15. The van der Waals surface area contributed by atoms with E-state index in [1.165, 1.54) is 0 Å². The molecule has 0 spiro atoms. The van der Waals surface area contributed by atoms with Gasteiger partial charge in [0.2, 0.25) is 0 Å². The van der Waals surface area contributed by atoms with Crippen LogP contribution in [0.25, 0.3) is 6.08 Å². The van der Waals surface area contributed by atoms with Crippen LogP contribution in [-0.4, -0.2) is 33.0 Å². The third-order valence-electron chi connectivity index (χ3n) is 2.39. The van der Waals surface area contributed by atoms with Crippen molar-refractivity contribution in [2.24, 2.45) is 0 Å². The van der Waals surface area contributed by atoms with Gasteiger partial charge in [-0.05, 0) is 18.6 Å². The van der Waals surface area contributed by atoms with E-state index in [1.807, 2.05) is 13.0 Å². The number of hydrogen-bond acceptors (Lipinski definition) is 4. The van der Waals surface area contributed by atoms with Crippen molar-refractivity contribution >= 4 is 6.08 Å². The molecule has 0 atom stereocenters. The Morgan fingerprint density at radius 1 is 1.12 bits per heavy atom. The van der Waals surface area contributed by atoms with Crippen LogP contribution in [0.4, 0.5) is 0 Å². The van der Waals surface area contributed by atoms with Gasteiger partial charge in [0.05, 0.1) is 33.5 Å². The third kappa shape index (κ3) is 3.14. The van der Waals surface area contributed by atoms with Crippen molar-refractivity contribution in [1.82, 2.24) is 0 Å². The van der Waals surface area contributed by atoms with Crippen LogP contribution in [0.5, 0.6) is 17.2 Å². The molecular formula is C13H18O4. The first-order valence-corrected chi connectivity index (χ1v) is 5.24. The van der Waals surface area contributed by atoms with E-state index < -0.39 is 0 Å². The Bertz CT molecular complexity index is 385. The minimum absolute atomic E-state index is 0.00165. The molecule has 0 bridgehead atoms. The lowest BCUT2D eigenvalue weighted by molar-refractivity contribution is 0.332. The van der Waals surface area contributed by atoms with Crippen molar-refractivity contribution in [3.8, 4) is 17.2 Å². The smallest absolute Gasteiger partial charge is 0.133 e. The number of hydrogen-bond donors (Lipinski definition) is 1. The highest BCUT2D eigenvalue weighted by Crippen LogP contribution is 2.35. The summed E-state index contributed by atoms with van der Waals surface area (Å²) in [6.45, 7) is 1.83. The second kappa shape index (κ2) is 6.15. The van der Waals surface area contributed by atoms with Gasteiger partial charge in [-0.15, -0.1) is 0 Å². The molecule has 0 amide bonds. The first kappa shape index (κ1) is 13.4. The maximum Gasteiger partial charge on any atom is 0.133 e. The standard InChI is InChI=1S/C13H18O4/c1-9(8-14)5-11-12(16-3)6-10(15-2)7-13(11)17-4/h5-7,14H,8H2,1-4H3. The zero-order chi connectivity index (χ0) is 12.8. The topological polar surface area (TPSA) is 47.9 Å². The van der Waals surface area contributed by atoms with Crippen LogP contribution in [0.1, 0.15) is 12.5 Å². The van der Waals surface area contributed by atoms with E-state index in [0.717, 1.165) is 11.1 Å². The fourth-order valence-corrected chi connectivity index (χ4v) is 1.47. The van der Waals surface area contributed by atoms with Gasteiger partial charge in [-0.1, -0.05) is 0 Å². The molecular weight excluding hydrogens is 220 g/mol. The molecule has 0 aliphatic rings. The summed E-state index contributed by atoms with van der Waals surface area (Å²) in [4.78, 5) is 0. The summed E-state index contributed by atoms with van der Waals surface area (Å²) in [6, 6.07) is 3.55. The van der Waals surface area contributed by atoms with Gasteiger partial charge in [0.1, 0.15) is 17.2 Å². The van der Waals surface area contributed by atoms with Gasteiger partial charge in [-0.3, -0.25) is 0 Å². The molecule has 0 fully saturated rings. The molecule has 4 nitrogen and oxygen atoms in total. The van der Waals surface area contributed by atoms with Crippen LogP contribution in [0.2, 0.25) is 0 Å². The molecule has 94 valence electrons. The third-order valence-corrected chi connectivity index (χ3v) is 2.39. The normalized spacial score (nSPS) is 11.2. The van der Waals surface area contributed by atoms with Crippen LogP contribution in [0, 0.1) is 0 Å². The highest BCUT2D eigenvalue weighted by Gasteiger charge is 2.11. The van der Waals surface area contributed by atoms with Crippen LogP contribution >= 0.6 is 0 Å². The van der Waals surface area contributed by atoms with E-state index in [-0.39, 0.29) is 6.61 Å². The summed E-state index contributed by atoms with van der Waals surface area (Å²) < 4.78 is 15.7. The molecule has 4 heteroatoms. The van der Waals surface area contributed by atoms with Crippen molar-refractivity contribution in [3.05, 3.63) is 23.3 Å². The quantitative estimate of drug-likeness (QED) is 0.853. The van der Waals surface area contributed by atoms with Crippen LogP contribution < -0.4 is 14.2 Å². The van der Waals surface area contributed by atoms with Crippen molar-refractivity contribution in [1.29, 1.82) is 0 Å². The van der Waals surface area contributed by atoms with E-state index in [4.69, 9.17) is 19.3 Å². The maximum atomic E-state index is 9.05. The molecule has 0 saturated heterocycles. The molecule has 0 aliphatic heterocycles. The van der Waals surface area contributed by atoms with E-state index in [0.29, 0.717) is 17.2 Å². The minimum atomic E-state index is -0.00165. The summed E-state index contributed by atoms with van der Waals surface area (Å²) in [5, 5.41) is 9.05. The summed E-state index contributed by atoms with van der Waals surface area (Å²) in [7, 11) is 4.75. The predicted octanol–water partition coefficient (Wildman–Crippen LogP) is 2.11. The molecule has 0 radical (unpaired) electrons. The zero-order valence-corrected chi connectivity index (χ0v) is 10.6. The van der Waals surface area contributed by atoms with Gasteiger partial charge in [-0.25, -0.2) is 0 Å². The Morgan fingerprint density at radius 2 is 1.65 bits per heavy atom. The molecule has 1 aromatic carbocycles. The van der Waals surface area contributed by atoms with Gasteiger partial charge in [0.25, 0.3) is 0 Å². The molecule has 1 aromatic rings. The molecule has 1 N–H and O–H groups in total. The first-order valence-electron chi connectivity index (χ1n) is 5.24. The van der Waals surface area contributed by atoms with Crippen molar-refractivity contribution in [3.63, 3.8) is 0 Å². The van der Waals surface area contributed by atoms with Gasteiger partial charge < -0.3 is 19.3 Å². The number of benzene rings is 1. The van der Waals surface area contributed by atoms with E-state index in [1.54, 1.807) is 33.5 Å². The Kier molecular flexibility index (Phi) is 4.84. The average Bonchev–Trinajstić information content (AvgIpc) is 2.38. The average molecular weight is 238 g/mol. The number of methoxy groups -OCH3 is 3. The van der Waals surface area contributed by atoms with E-state index in [2.05, 4.69) is 0 Å². The fraction of sp³-hybridized carbons (Fsp3) is 0.385. The summed E-state index contributed by atoms with van der Waals surface area (Å²) in [6.07, 6.45) is 1.83. The van der Waals surface area contributed by atoms with Gasteiger partial charge >= 0.3 is 0 Å². The molecule has 0 aliphatic carbocycles. The highest BCUT2D eigenvalue weighted by atomic mass is 16.5. The second-order valence-electron chi connectivity index (χ2n) is 3.59. The molecule has 1 rings (SSSR count). The second-order valence-corrected chi connectivity index (χ2v) is 3.59. The Labute approximate surface area is 101 Å². The molecule has 17 heavy (non-hydrogen) atoms. The van der Waals surface area contributed by atoms with Gasteiger partial charge in [0, 0.05) is 12.1 Å². The monoisotopic (exact) mass is 238 g/mol. The fourth-order valence-electron chi connectivity index (χ4n) is 1.47. The van der Waals surface area contributed by atoms with E-state index in [9.17, 15) is 0 Å². The molecule has 0 saturated carbocycles. The lowest BCUT2D eigenvalue weighted by Crippen LogP contribution is -1.96. The molecule has 0 heterocycles. The van der Waals surface area contributed by atoms with Crippen molar-refractivity contribution in [2.75, 3.05) is 27.9 Å². The summed E-state index contributed by atoms with van der Waals surface area (Å²) in [5.41, 5.74) is 1.62.